The number of oxime groups is 1. The average Bonchev–Trinajstić information content (AvgIpc) is 2.84. The number of allylic oxidation sites excluding steroid dienone is 6. The van der Waals surface area contributed by atoms with Crippen LogP contribution in [0.15, 0.2) is 65.6 Å². The van der Waals surface area contributed by atoms with Gasteiger partial charge in [0.15, 0.2) is 0 Å². The second-order valence-corrected chi connectivity index (χ2v) is 7.05. The summed E-state index contributed by atoms with van der Waals surface area (Å²) >= 11 is 0. The average molecular weight is 381 g/mol. The summed E-state index contributed by atoms with van der Waals surface area (Å²) in [5.41, 5.74) is 3.82. The van der Waals surface area contributed by atoms with Gasteiger partial charge in [-0.25, -0.2) is 4.79 Å². The predicted molar refractivity (Wildman–Crippen MR) is 112 cm³/mol. The van der Waals surface area contributed by atoms with Crippen molar-refractivity contribution in [2.75, 3.05) is 14.2 Å². The summed E-state index contributed by atoms with van der Waals surface area (Å²) in [6, 6.07) is 5.66. The maximum atomic E-state index is 12.1. The number of benzene rings is 1. The van der Waals surface area contributed by atoms with Gasteiger partial charge in [-0.15, -0.1) is 0 Å². The molecule has 0 spiro atoms. The number of carbonyl (C=O) groups is 1. The smallest absolute Gasteiger partial charge is 0.341 e. The van der Waals surface area contributed by atoms with Crippen LogP contribution in [-0.2, 0) is 25.7 Å². The Labute approximate surface area is 166 Å². The molecule has 0 aliphatic heterocycles. The molecule has 5 heteroatoms. The molecule has 2 rings (SSSR count). The molecular formula is C23H27NO4. The Morgan fingerprint density at radius 3 is 2.71 bits per heavy atom. The Morgan fingerprint density at radius 1 is 1.21 bits per heavy atom. The Bertz CT molecular complexity index is 857. The lowest BCUT2D eigenvalue weighted by atomic mass is 9.93. The molecule has 148 valence electrons. The first-order chi connectivity index (χ1) is 13.4. The van der Waals surface area contributed by atoms with Crippen LogP contribution in [-0.4, -0.2) is 26.4 Å². The summed E-state index contributed by atoms with van der Waals surface area (Å²) in [6.07, 6.45) is 13.3. The third kappa shape index (κ3) is 5.71. The van der Waals surface area contributed by atoms with Crippen molar-refractivity contribution in [2.24, 2.45) is 10.6 Å². The monoisotopic (exact) mass is 381 g/mol. The summed E-state index contributed by atoms with van der Waals surface area (Å²) in [7, 11) is 2.83. The summed E-state index contributed by atoms with van der Waals surface area (Å²) in [5, 5.41) is 4.09. The van der Waals surface area contributed by atoms with Gasteiger partial charge >= 0.3 is 5.97 Å². The molecule has 0 N–H and O–H groups in total. The lowest BCUT2D eigenvalue weighted by Crippen LogP contribution is -2.08. The minimum Gasteiger partial charge on any atom is -0.503 e. The standard InChI is InChI=1S/C23H27NO4/c1-17-8-6-10-19(21(15-26-4)22(25)27-5)20(17)16-28-24-14-18-9-7-12-23(2,3)13-11-18/h6-15H,16H2,1-5H3/b21-15+,24-14+. The molecule has 0 saturated carbocycles. The van der Waals surface area contributed by atoms with Crippen LogP contribution in [0, 0.1) is 12.3 Å². The fraction of sp³-hybridized carbons (Fsp3) is 0.304. The Kier molecular flexibility index (Phi) is 7.38. The molecule has 1 aromatic rings. The number of hydrogen-bond acceptors (Lipinski definition) is 5. The molecule has 0 aromatic heterocycles. The molecule has 0 fully saturated rings. The Morgan fingerprint density at radius 2 is 2.00 bits per heavy atom. The van der Waals surface area contributed by atoms with E-state index in [9.17, 15) is 4.79 Å². The molecule has 0 bridgehead atoms. The number of hydrogen-bond donors (Lipinski definition) is 0. The van der Waals surface area contributed by atoms with Crippen molar-refractivity contribution in [3.63, 3.8) is 0 Å². The number of methoxy groups -OCH3 is 2. The largest absolute Gasteiger partial charge is 0.503 e. The van der Waals surface area contributed by atoms with Gasteiger partial charge in [-0.1, -0.05) is 67.6 Å². The minimum atomic E-state index is -0.472. The minimum absolute atomic E-state index is 0.0149. The number of esters is 1. The lowest BCUT2D eigenvalue weighted by molar-refractivity contribution is -0.133. The lowest BCUT2D eigenvalue weighted by Gasteiger charge is -2.13. The van der Waals surface area contributed by atoms with Gasteiger partial charge in [0.1, 0.15) is 12.2 Å². The van der Waals surface area contributed by atoms with E-state index in [1.54, 1.807) is 6.21 Å². The first-order valence-corrected chi connectivity index (χ1v) is 9.02. The molecule has 0 unspecified atom stereocenters. The quantitative estimate of drug-likeness (QED) is 0.225. The van der Waals surface area contributed by atoms with Crippen LogP contribution in [0.3, 0.4) is 0 Å². The number of aryl methyl sites for hydroxylation is 1. The van der Waals surface area contributed by atoms with Crippen molar-refractivity contribution >= 4 is 17.8 Å². The van der Waals surface area contributed by atoms with Gasteiger partial charge in [-0.2, -0.15) is 0 Å². The third-order valence-electron chi connectivity index (χ3n) is 4.35. The molecule has 0 saturated heterocycles. The number of rotatable bonds is 7. The second kappa shape index (κ2) is 9.74. The van der Waals surface area contributed by atoms with E-state index >= 15 is 0 Å². The second-order valence-electron chi connectivity index (χ2n) is 7.05. The van der Waals surface area contributed by atoms with Gasteiger partial charge in [0.2, 0.25) is 0 Å². The van der Waals surface area contributed by atoms with Crippen LogP contribution >= 0.6 is 0 Å². The maximum absolute atomic E-state index is 12.1. The SMILES string of the molecule is CO/C=C(/C(=O)OC)c1cccc(C)c1CO/N=C/C1=CC=CC(C)(C)C=C1. The van der Waals surface area contributed by atoms with Crippen molar-refractivity contribution in [3.8, 4) is 0 Å². The van der Waals surface area contributed by atoms with Crippen LogP contribution in [0.25, 0.3) is 5.57 Å². The molecule has 0 atom stereocenters. The maximum Gasteiger partial charge on any atom is 0.341 e. The van der Waals surface area contributed by atoms with Crippen molar-refractivity contribution in [3.05, 3.63) is 77.1 Å². The van der Waals surface area contributed by atoms with Gasteiger partial charge in [-0.3, -0.25) is 0 Å². The van der Waals surface area contributed by atoms with E-state index in [0.29, 0.717) is 11.1 Å². The highest BCUT2D eigenvalue weighted by molar-refractivity contribution is 6.16. The van der Waals surface area contributed by atoms with Gasteiger partial charge in [0.25, 0.3) is 0 Å². The number of ether oxygens (including phenoxy) is 2. The van der Waals surface area contributed by atoms with E-state index in [-0.39, 0.29) is 12.0 Å². The normalized spacial score (nSPS) is 15.9. The summed E-state index contributed by atoms with van der Waals surface area (Å²) in [4.78, 5) is 17.7. The third-order valence-corrected chi connectivity index (χ3v) is 4.35. The van der Waals surface area contributed by atoms with Crippen LogP contribution in [0.2, 0.25) is 0 Å². The summed E-state index contributed by atoms with van der Waals surface area (Å²) in [6.45, 7) is 6.44. The van der Waals surface area contributed by atoms with Crippen molar-refractivity contribution in [1.29, 1.82) is 0 Å². The van der Waals surface area contributed by atoms with E-state index in [1.807, 2.05) is 43.4 Å². The fourth-order valence-electron chi connectivity index (χ4n) is 2.71. The molecule has 28 heavy (non-hydrogen) atoms. The number of nitrogens with zero attached hydrogens (tertiary/aromatic N) is 1. The Balaban J connectivity index is 2.17. The van der Waals surface area contributed by atoms with Crippen molar-refractivity contribution in [2.45, 2.75) is 27.4 Å². The zero-order chi connectivity index (χ0) is 20.6. The van der Waals surface area contributed by atoms with E-state index in [4.69, 9.17) is 14.3 Å². The highest BCUT2D eigenvalue weighted by Crippen LogP contribution is 2.25. The molecule has 1 aliphatic rings. The first kappa shape index (κ1) is 21.2. The van der Waals surface area contributed by atoms with Crippen LogP contribution in [0.5, 0.6) is 0 Å². The predicted octanol–water partition coefficient (Wildman–Crippen LogP) is 4.74. The summed E-state index contributed by atoms with van der Waals surface area (Å²) in [5.74, 6) is -0.472. The zero-order valence-electron chi connectivity index (χ0n) is 17.1. The van der Waals surface area contributed by atoms with Crippen LogP contribution in [0.4, 0.5) is 0 Å². The van der Waals surface area contributed by atoms with Gasteiger partial charge in [0, 0.05) is 11.0 Å². The molecule has 0 heterocycles. The molecule has 0 amide bonds. The topological polar surface area (TPSA) is 57.1 Å². The van der Waals surface area contributed by atoms with Gasteiger partial charge < -0.3 is 14.3 Å². The van der Waals surface area contributed by atoms with E-state index < -0.39 is 5.97 Å². The van der Waals surface area contributed by atoms with Gasteiger partial charge in [-0.05, 0) is 23.6 Å². The fourth-order valence-corrected chi connectivity index (χ4v) is 2.71. The van der Waals surface area contributed by atoms with E-state index in [2.05, 4.69) is 31.2 Å². The number of carbonyl (C=O) groups excluding carboxylic acids is 1. The van der Waals surface area contributed by atoms with Crippen molar-refractivity contribution < 1.29 is 19.1 Å². The highest BCUT2D eigenvalue weighted by atomic mass is 16.6. The molecule has 1 aliphatic carbocycles. The molecule has 5 nitrogen and oxygen atoms in total. The molecule has 0 radical (unpaired) electrons. The van der Waals surface area contributed by atoms with Crippen molar-refractivity contribution in [1.82, 2.24) is 0 Å². The van der Waals surface area contributed by atoms with E-state index in [0.717, 1.165) is 16.7 Å². The first-order valence-electron chi connectivity index (χ1n) is 9.02. The summed E-state index contributed by atoms with van der Waals surface area (Å²) < 4.78 is 9.92. The van der Waals surface area contributed by atoms with Crippen LogP contribution in [0.1, 0.15) is 30.5 Å². The molecular weight excluding hydrogens is 354 g/mol. The highest BCUT2D eigenvalue weighted by Gasteiger charge is 2.18. The van der Waals surface area contributed by atoms with Gasteiger partial charge in [0.05, 0.1) is 26.7 Å². The van der Waals surface area contributed by atoms with Crippen LogP contribution < -0.4 is 0 Å². The Hall–Kier alpha value is -3.08. The van der Waals surface area contributed by atoms with E-state index in [1.165, 1.54) is 20.5 Å². The zero-order valence-corrected chi connectivity index (χ0v) is 17.1. The molecule has 1 aromatic carbocycles.